The Morgan fingerprint density at radius 3 is 2.82 bits per heavy atom. The standard InChI is InChI=1S/C22H21IN2O3/c1-2-3-12-28-21-11-9-15-6-4-5-7-17(15)18(21)14-24-25-22(27)16-8-10-19(23)20(26)13-16/h4-11,13-14,26H,2-3,12H2,1H3,(H,25,27)/b24-14-. The lowest BCUT2D eigenvalue weighted by Gasteiger charge is -2.11. The molecule has 0 atom stereocenters. The van der Waals surface area contributed by atoms with E-state index >= 15 is 0 Å². The topological polar surface area (TPSA) is 70.9 Å². The van der Waals surface area contributed by atoms with Crippen molar-refractivity contribution in [2.75, 3.05) is 6.61 Å². The Morgan fingerprint density at radius 2 is 2.04 bits per heavy atom. The number of halogens is 1. The summed E-state index contributed by atoms with van der Waals surface area (Å²) in [5.41, 5.74) is 3.67. The highest BCUT2D eigenvalue weighted by Crippen LogP contribution is 2.27. The fourth-order valence-corrected chi connectivity index (χ4v) is 3.07. The van der Waals surface area contributed by atoms with E-state index in [9.17, 15) is 9.90 Å². The Hall–Kier alpha value is -2.61. The van der Waals surface area contributed by atoms with Crippen LogP contribution in [0.25, 0.3) is 10.8 Å². The molecule has 0 bridgehead atoms. The summed E-state index contributed by atoms with van der Waals surface area (Å²) in [4.78, 5) is 12.3. The molecule has 0 saturated heterocycles. The molecule has 3 rings (SSSR count). The van der Waals surface area contributed by atoms with Gasteiger partial charge in [-0.3, -0.25) is 4.79 Å². The van der Waals surface area contributed by atoms with Gasteiger partial charge in [0.2, 0.25) is 0 Å². The predicted octanol–water partition coefficient (Wildman–Crippen LogP) is 5.09. The molecule has 0 heterocycles. The van der Waals surface area contributed by atoms with Crippen LogP contribution < -0.4 is 10.2 Å². The van der Waals surface area contributed by atoms with Crippen LogP contribution in [0.3, 0.4) is 0 Å². The van der Waals surface area contributed by atoms with Gasteiger partial charge < -0.3 is 9.84 Å². The normalized spacial score (nSPS) is 11.1. The van der Waals surface area contributed by atoms with Crippen molar-refractivity contribution >= 4 is 45.5 Å². The zero-order valence-electron chi connectivity index (χ0n) is 15.5. The van der Waals surface area contributed by atoms with E-state index in [1.807, 2.05) is 59.0 Å². The third-order valence-electron chi connectivity index (χ3n) is 4.25. The monoisotopic (exact) mass is 488 g/mol. The number of carbonyl (C=O) groups is 1. The highest BCUT2D eigenvalue weighted by atomic mass is 127. The molecule has 0 spiro atoms. The second kappa shape index (κ2) is 9.54. The van der Waals surface area contributed by atoms with E-state index in [-0.39, 0.29) is 5.75 Å². The van der Waals surface area contributed by atoms with Crippen LogP contribution in [-0.4, -0.2) is 23.8 Å². The van der Waals surface area contributed by atoms with Gasteiger partial charge in [-0.2, -0.15) is 5.10 Å². The van der Waals surface area contributed by atoms with Crippen LogP contribution in [0.2, 0.25) is 0 Å². The number of rotatable bonds is 7. The molecule has 0 aliphatic rings. The van der Waals surface area contributed by atoms with Crippen LogP contribution in [0.4, 0.5) is 0 Å². The van der Waals surface area contributed by atoms with Gasteiger partial charge in [0.05, 0.1) is 16.4 Å². The summed E-state index contributed by atoms with van der Waals surface area (Å²) in [5, 5.41) is 16.0. The molecule has 1 amide bonds. The van der Waals surface area contributed by atoms with Gasteiger partial charge >= 0.3 is 0 Å². The molecule has 144 valence electrons. The van der Waals surface area contributed by atoms with Gasteiger partial charge in [-0.25, -0.2) is 5.43 Å². The first kappa shape index (κ1) is 20.1. The van der Waals surface area contributed by atoms with Crippen LogP contribution in [0.5, 0.6) is 11.5 Å². The minimum Gasteiger partial charge on any atom is -0.507 e. The fourth-order valence-electron chi connectivity index (χ4n) is 2.73. The average molecular weight is 488 g/mol. The Balaban J connectivity index is 1.83. The van der Waals surface area contributed by atoms with Crippen LogP contribution >= 0.6 is 22.6 Å². The SMILES string of the molecule is CCCCOc1ccc2ccccc2c1/C=N\NC(=O)c1ccc(I)c(O)c1. The van der Waals surface area contributed by atoms with Crippen LogP contribution in [0.1, 0.15) is 35.7 Å². The molecule has 5 nitrogen and oxygen atoms in total. The van der Waals surface area contributed by atoms with Gasteiger partial charge in [-0.1, -0.05) is 43.7 Å². The van der Waals surface area contributed by atoms with Crippen molar-refractivity contribution in [3.8, 4) is 11.5 Å². The first-order valence-electron chi connectivity index (χ1n) is 9.06. The molecule has 0 saturated carbocycles. The third kappa shape index (κ3) is 4.81. The molecule has 0 unspecified atom stereocenters. The van der Waals surface area contributed by atoms with Crippen molar-refractivity contribution in [3.63, 3.8) is 0 Å². The van der Waals surface area contributed by atoms with Gasteiger partial charge in [0.1, 0.15) is 11.5 Å². The molecule has 6 heteroatoms. The van der Waals surface area contributed by atoms with E-state index in [1.54, 1.807) is 18.3 Å². The number of unbranched alkanes of at least 4 members (excludes halogenated alkanes) is 1. The van der Waals surface area contributed by atoms with E-state index in [0.717, 1.165) is 34.9 Å². The van der Waals surface area contributed by atoms with E-state index in [2.05, 4.69) is 17.5 Å². The second-order valence-electron chi connectivity index (χ2n) is 6.27. The number of amides is 1. The van der Waals surface area contributed by atoms with Gasteiger partial charge in [-0.15, -0.1) is 0 Å². The van der Waals surface area contributed by atoms with Gasteiger partial charge in [0.25, 0.3) is 5.91 Å². The van der Waals surface area contributed by atoms with Crippen molar-refractivity contribution in [2.45, 2.75) is 19.8 Å². The summed E-state index contributed by atoms with van der Waals surface area (Å²) < 4.78 is 6.60. The number of nitrogens with zero attached hydrogens (tertiary/aromatic N) is 1. The van der Waals surface area contributed by atoms with E-state index in [0.29, 0.717) is 15.7 Å². The third-order valence-corrected chi connectivity index (χ3v) is 5.17. The minimum atomic E-state index is -0.392. The van der Waals surface area contributed by atoms with Crippen molar-refractivity contribution in [3.05, 3.63) is 69.3 Å². The first-order chi connectivity index (χ1) is 13.6. The highest BCUT2D eigenvalue weighted by molar-refractivity contribution is 14.1. The van der Waals surface area contributed by atoms with Crippen LogP contribution in [-0.2, 0) is 0 Å². The number of fused-ring (bicyclic) bond motifs is 1. The summed E-state index contributed by atoms with van der Waals surface area (Å²) in [5.74, 6) is 0.409. The van der Waals surface area contributed by atoms with Crippen molar-refractivity contribution in [1.82, 2.24) is 5.43 Å². The minimum absolute atomic E-state index is 0.0675. The van der Waals surface area contributed by atoms with Gasteiger partial charge in [-0.05, 0) is 64.0 Å². The van der Waals surface area contributed by atoms with Gasteiger partial charge in [0, 0.05) is 11.1 Å². The Labute approximate surface area is 177 Å². The summed E-state index contributed by atoms with van der Waals surface area (Å²) >= 11 is 2.00. The lowest BCUT2D eigenvalue weighted by molar-refractivity contribution is 0.0954. The number of hydrogen-bond donors (Lipinski definition) is 2. The molecular weight excluding hydrogens is 467 g/mol. The van der Waals surface area contributed by atoms with E-state index < -0.39 is 5.91 Å². The summed E-state index contributed by atoms with van der Waals surface area (Å²) in [6.07, 6.45) is 3.63. The average Bonchev–Trinajstić information content (AvgIpc) is 2.71. The molecule has 0 aliphatic heterocycles. The van der Waals surface area contributed by atoms with E-state index in [1.165, 1.54) is 6.07 Å². The lowest BCUT2D eigenvalue weighted by atomic mass is 10.0. The summed E-state index contributed by atoms with van der Waals surface area (Å²) in [7, 11) is 0. The molecule has 28 heavy (non-hydrogen) atoms. The van der Waals surface area contributed by atoms with Gasteiger partial charge in [0.15, 0.2) is 0 Å². The summed E-state index contributed by atoms with van der Waals surface area (Å²) in [6.45, 7) is 2.74. The fraction of sp³-hybridized carbons (Fsp3) is 0.182. The maximum atomic E-state index is 12.3. The van der Waals surface area contributed by atoms with Crippen LogP contribution in [0, 0.1) is 3.57 Å². The number of ether oxygens (including phenoxy) is 1. The maximum absolute atomic E-state index is 12.3. The quantitative estimate of drug-likeness (QED) is 0.211. The molecule has 0 aromatic heterocycles. The number of aromatic hydroxyl groups is 1. The van der Waals surface area contributed by atoms with E-state index in [4.69, 9.17) is 4.74 Å². The zero-order valence-corrected chi connectivity index (χ0v) is 17.6. The predicted molar refractivity (Wildman–Crippen MR) is 120 cm³/mol. The number of phenolic OH excluding ortho intramolecular Hbond substituents is 1. The number of hydrogen-bond acceptors (Lipinski definition) is 4. The first-order valence-corrected chi connectivity index (χ1v) is 10.1. The molecule has 0 radical (unpaired) electrons. The number of carbonyl (C=O) groups excluding carboxylic acids is 1. The maximum Gasteiger partial charge on any atom is 0.271 e. The summed E-state index contributed by atoms with van der Waals surface area (Å²) in [6, 6.07) is 16.7. The number of benzene rings is 3. The van der Waals surface area contributed by atoms with Crippen molar-refractivity contribution in [1.29, 1.82) is 0 Å². The van der Waals surface area contributed by atoms with Crippen molar-refractivity contribution < 1.29 is 14.6 Å². The largest absolute Gasteiger partial charge is 0.507 e. The molecule has 0 fully saturated rings. The zero-order chi connectivity index (χ0) is 19.9. The molecule has 3 aromatic rings. The number of phenols is 1. The smallest absolute Gasteiger partial charge is 0.271 e. The second-order valence-corrected chi connectivity index (χ2v) is 7.43. The molecular formula is C22H21IN2O3. The molecule has 2 N–H and O–H groups in total. The number of hydrazone groups is 1. The number of nitrogens with one attached hydrogen (secondary N) is 1. The molecule has 0 aliphatic carbocycles. The molecule has 3 aromatic carbocycles. The highest BCUT2D eigenvalue weighted by Gasteiger charge is 2.09. The Kier molecular flexibility index (Phi) is 6.86. The lowest BCUT2D eigenvalue weighted by Crippen LogP contribution is -2.17. The van der Waals surface area contributed by atoms with Crippen LogP contribution in [0.15, 0.2) is 59.7 Å². The van der Waals surface area contributed by atoms with Crippen molar-refractivity contribution in [2.24, 2.45) is 5.10 Å². The Morgan fingerprint density at radius 1 is 1.21 bits per heavy atom. The Bertz CT molecular complexity index is 1020.